The summed E-state index contributed by atoms with van der Waals surface area (Å²) in [5.41, 5.74) is 1.22. The van der Waals surface area contributed by atoms with E-state index in [-0.39, 0.29) is 0 Å². The molecule has 0 bridgehead atoms. The summed E-state index contributed by atoms with van der Waals surface area (Å²) in [5, 5.41) is 4.31. The Morgan fingerprint density at radius 3 is 2.94 bits per heavy atom. The molecule has 0 saturated carbocycles. The summed E-state index contributed by atoms with van der Waals surface area (Å²) in [6.07, 6.45) is 2.56. The lowest BCUT2D eigenvalue weighted by atomic mass is 10.1. The van der Waals surface area contributed by atoms with E-state index >= 15 is 0 Å². The van der Waals surface area contributed by atoms with Gasteiger partial charge < -0.3 is 5.32 Å². The quantitative estimate of drug-likeness (QED) is 0.871. The Balaban J connectivity index is 1.96. The maximum Gasteiger partial charge on any atom is 0.0451 e. The minimum absolute atomic E-state index is 0.644. The zero-order valence-corrected chi connectivity index (χ0v) is 10.5. The summed E-state index contributed by atoms with van der Waals surface area (Å²) in [6, 6.07) is 8.74. The van der Waals surface area contributed by atoms with Crippen LogP contribution in [0.5, 0.6) is 0 Å². The largest absolute Gasteiger partial charge is 0.315 e. The van der Waals surface area contributed by atoms with E-state index < -0.39 is 0 Å². The fourth-order valence-corrected chi connectivity index (χ4v) is 2.43. The molecule has 3 heteroatoms. The molecule has 0 radical (unpaired) electrons. The van der Waals surface area contributed by atoms with Crippen molar-refractivity contribution < 1.29 is 0 Å². The van der Waals surface area contributed by atoms with Crippen LogP contribution in [0.15, 0.2) is 24.3 Å². The van der Waals surface area contributed by atoms with E-state index in [4.69, 9.17) is 11.6 Å². The SMILES string of the molecule is CN(Cc1ccccc1Cl)[C@H]1CCCNC1. The van der Waals surface area contributed by atoms with Crippen molar-refractivity contribution in [2.24, 2.45) is 0 Å². The molecule has 0 aliphatic carbocycles. The normalized spacial score (nSPS) is 21.3. The van der Waals surface area contributed by atoms with E-state index in [1.54, 1.807) is 0 Å². The summed E-state index contributed by atoms with van der Waals surface area (Å²) >= 11 is 6.16. The average Bonchev–Trinajstić information content (AvgIpc) is 2.33. The molecule has 1 N–H and O–H groups in total. The number of hydrogen-bond donors (Lipinski definition) is 1. The molecule has 1 aliphatic heterocycles. The molecule has 0 unspecified atom stereocenters. The zero-order valence-electron chi connectivity index (χ0n) is 9.75. The molecule has 1 aromatic rings. The topological polar surface area (TPSA) is 15.3 Å². The lowest BCUT2D eigenvalue weighted by Crippen LogP contribution is -2.43. The van der Waals surface area contributed by atoms with Gasteiger partial charge in [0, 0.05) is 24.2 Å². The Morgan fingerprint density at radius 2 is 2.25 bits per heavy atom. The van der Waals surface area contributed by atoms with Gasteiger partial charge in [-0.1, -0.05) is 29.8 Å². The fraction of sp³-hybridized carbons (Fsp3) is 0.538. The van der Waals surface area contributed by atoms with Crippen molar-refractivity contribution in [1.82, 2.24) is 10.2 Å². The summed E-state index contributed by atoms with van der Waals surface area (Å²) in [6.45, 7) is 3.20. The number of rotatable bonds is 3. The number of nitrogens with zero attached hydrogens (tertiary/aromatic N) is 1. The molecule has 88 valence electrons. The third kappa shape index (κ3) is 2.97. The summed E-state index contributed by atoms with van der Waals surface area (Å²) in [4.78, 5) is 2.40. The fourth-order valence-electron chi connectivity index (χ4n) is 2.23. The van der Waals surface area contributed by atoms with Crippen molar-refractivity contribution in [3.63, 3.8) is 0 Å². The Hall–Kier alpha value is -0.570. The second kappa shape index (κ2) is 5.67. The number of likely N-dealkylation sites (N-methyl/N-ethyl adjacent to an activating group) is 1. The van der Waals surface area contributed by atoms with Crippen molar-refractivity contribution >= 4 is 11.6 Å². The van der Waals surface area contributed by atoms with Crippen LogP contribution in [0.4, 0.5) is 0 Å². The van der Waals surface area contributed by atoms with Gasteiger partial charge in [0.25, 0.3) is 0 Å². The first kappa shape index (κ1) is 11.9. The van der Waals surface area contributed by atoms with Crippen LogP contribution in [0.2, 0.25) is 5.02 Å². The van der Waals surface area contributed by atoms with E-state index in [0.717, 1.165) is 24.7 Å². The first-order valence-electron chi connectivity index (χ1n) is 5.92. The lowest BCUT2D eigenvalue weighted by Gasteiger charge is -2.31. The highest BCUT2D eigenvalue weighted by Crippen LogP contribution is 2.18. The van der Waals surface area contributed by atoms with Crippen LogP contribution >= 0.6 is 11.6 Å². The molecular weight excluding hydrogens is 220 g/mol. The molecule has 1 fully saturated rings. The first-order chi connectivity index (χ1) is 7.77. The number of piperidine rings is 1. The molecule has 2 rings (SSSR count). The van der Waals surface area contributed by atoms with Crippen LogP contribution in [0, 0.1) is 0 Å². The van der Waals surface area contributed by atoms with Crippen molar-refractivity contribution in [2.75, 3.05) is 20.1 Å². The minimum atomic E-state index is 0.644. The Morgan fingerprint density at radius 1 is 1.44 bits per heavy atom. The van der Waals surface area contributed by atoms with Gasteiger partial charge >= 0.3 is 0 Å². The van der Waals surface area contributed by atoms with Gasteiger partial charge in [-0.3, -0.25) is 4.90 Å². The molecule has 1 aliphatic rings. The van der Waals surface area contributed by atoms with Gasteiger partial charge in [-0.05, 0) is 38.1 Å². The minimum Gasteiger partial charge on any atom is -0.315 e. The van der Waals surface area contributed by atoms with Crippen molar-refractivity contribution in [1.29, 1.82) is 0 Å². The van der Waals surface area contributed by atoms with Gasteiger partial charge in [0.15, 0.2) is 0 Å². The molecular formula is C13H19ClN2. The summed E-state index contributed by atoms with van der Waals surface area (Å²) < 4.78 is 0. The Kier molecular flexibility index (Phi) is 4.22. The molecule has 1 heterocycles. The van der Waals surface area contributed by atoms with Crippen LogP contribution < -0.4 is 5.32 Å². The highest BCUT2D eigenvalue weighted by Gasteiger charge is 2.18. The third-order valence-corrected chi connectivity index (χ3v) is 3.64. The first-order valence-corrected chi connectivity index (χ1v) is 6.29. The molecule has 0 amide bonds. The molecule has 1 aromatic carbocycles. The number of halogens is 1. The molecule has 0 aromatic heterocycles. The Bertz CT molecular complexity index is 334. The predicted octanol–water partition coefficient (Wildman–Crippen LogP) is 2.52. The van der Waals surface area contributed by atoms with Crippen LogP contribution in [-0.4, -0.2) is 31.1 Å². The maximum atomic E-state index is 6.16. The third-order valence-electron chi connectivity index (χ3n) is 3.27. The molecule has 1 atom stereocenters. The monoisotopic (exact) mass is 238 g/mol. The zero-order chi connectivity index (χ0) is 11.4. The van der Waals surface area contributed by atoms with Crippen molar-refractivity contribution in [3.05, 3.63) is 34.9 Å². The van der Waals surface area contributed by atoms with Crippen LogP contribution in [0.25, 0.3) is 0 Å². The highest BCUT2D eigenvalue weighted by molar-refractivity contribution is 6.31. The van der Waals surface area contributed by atoms with E-state index in [0.29, 0.717) is 6.04 Å². The van der Waals surface area contributed by atoms with Gasteiger partial charge in [-0.25, -0.2) is 0 Å². The molecule has 0 spiro atoms. The Labute approximate surface area is 103 Å². The van der Waals surface area contributed by atoms with Crippen molar-refractivity contribution in [3.8, 4) is 0 Å². The maximum absolute atomic E-state index is 6.16. The van der Waals surface area contributed by atoms with Gasteiger partial charge in [0.2, 0.25) is 0 Å². The lowest BCUT2D eigenvalue weighted by molar-refractivity contribution is 0.196. The average molecular weight is 239 g/mol. The molecule has 1 saturated heterocycles. The summed E-state index contributed by atoms with van der Waals surface area (Å²) in [5.74, 6) is 0. The van der Waals surface area contributed by atoms with Gasteiger partial charge in [-0.2, -0.15) is 0 Å². The smallest absolute Gasteiger partial charge is 0.0451 e. The van der Waals surface area contributed by atoms with Gasteiger partial charge in [-0.15, -0.1) is 0 Å². The molecule has 16 heavy (non-hydrogen) atoms. The number of hydrogen-bond acceptors (Lipinski definition) is 2. The molecule has 2 nitrogen and oxygen atoms in total. The second-order valence-corrected chi connectivity index (χ2v) is 4.91. The van der Waals surface area contributed by atoms with E-state index in [1.165, 1.54) is 18.4 Å². The highest BCUT2D eigenvalue weighted by atomic mass is 35.5. The standard InChI is InChI=1S/C13H19ClN2/c1-16(12-6-4-8-15-9-12)10-11-5-2-3-7-13(11)14/h2-3,5,7,12,15H,4,6,8-10H2,1H3/t12-/m0/s1. The van der Waals surface area contributed by atoms with Crippen LogP contribution in [0.1, 0.15) is 18.4 Å². The van der Waals surface area contributed by atoms with Crippen LogP contribution in [0.3, 0.4) is 0 Å². The van der Waals surface area contributed by atoms with E-state index in [9.17, 15) is 0 Å². The number of nitrogens with one attached hydrogen (secondary N) is 1. The summed E-state index contributed by atoms with van der Waals surface area (Å²) in [7, 11) is 2.18. The van der Waals surface area contributed by atoms with E-state index in [1.807, 2.05) is 18.2 Å². The van der Waals surface area contributed by atoms with E-state index in [2.05, 4.69) is 23.3 Å². The predicted molar refractivity (Wildman–Crippen MR) is 68.8 cm³/mol. The second-order valence-electron chi connectivity index (χ2n) is 4.51. The van der Waals surface area contributed by atoms with Crippen molar-refractivity contribution in [2.45, 2.75) is 25.4 Å². The van der Waals surface area contributed by atoms with Gasteiger partial charge in [0.05, 0.1) is 0 Å². The van der Waals surface area contributed by atoms with Crippen LogP contribution in [-0.2, 0) is 6.54 Å². The number of benzene rings is 1. The van der Waals surface area contributed by atoms with Gasteiger partial charge in [0.1, 0.15) is 0 Å².